The van der Waals surface area contributed by atoms with Crippen molar-refractivity contribution >= 4 is 6.29 Å². The summed E-state index contributed by atoms with van der Waals surface area (Å²) in [7, 11) is 0. The zero-order valence-electron chi connectivity index (χ0n) is 8.68. The van der Waals surface area contributed by atoms with Crippen LogP contribution in [0.5, 0.6) is 0 Å². The topological polar surface area (TPSA) is 41.1 Å². The van der Waals surface area contributed by atoms with Crippen molar-refractivity contribution in [2.45, 2.75) is 33.7 Å². The van der Waals surface area contributed by atoms with Crippen molar-refractivity contribution in [1.29, 1.82) is 0 Å². The van der Waals surface area contributed by atoms with Crippen molar-refractivity contribution in [1.82, 2.24) is 10.6 Å². The van der Waals surface area contributed by atoms with Crippen LogP contribution in [0.3, 0.4) is 0 Å². The summed E-state index contributed by atoms with van der Waals surface area (Å²) >= 11 is 0. The van der Waals surface area contributed by atoms with Crippen molar-refractivity contribution in [3.8, 4) is 0 Å². The minimum Gasteiger partial charge on any atom is -0.313 e. The van der Waals surface area contributed by atoms with Gasteiger partial charge in [-0.15, -0.1) is 0 Å². The minimum atomic E-state index is 0. The van der Waals surface area contributed by atoms with Gasteiger partial charge in [-0.1, -0.05) is 27.7 Å². The van der Waals surface area contributed by atoms with Gasteiger partial charge in [-0.25, -0.2) is 0 Å². The first-order valence-electron chi connectivity index (χ1n) is 4.83. The molecule has 0 aromatic heterocycles. The number of carbonyl (C=O) groups excluding carboxylic acids is 1. The average Bonchev–Trinajstić information content (AvgIpc) is 2.25. The van der Waals surface area contributed by atoms with Crippen molar-refractivity contribution in [2.75, 3.05) is 19.6 Å². The van der Waals surface area contributed by atoms with E-state index in [2.05, 4.69) is 10.6 Å². The first-order chi connectivity index (χ1) is 5.93. The Bertz CT molecular complexity index is 85.7. The number of piperazine rings is 1. The molecule has 1 atom stereocenters. The fraction of sp³-hybridized carbons (Fsp3) is 0.889. The summed E-state index contributed by atoms with van der Waals surface area (Å²) in [5, 5.41) is 6.13. The standard InChI is InChI=1S/C5H10N2O.2C2H6.H2/c8-4-5-3-6-1-2-7-5;2*1-2;/h4-7H,1-3H2;2*1-2H3;1H/t5-;;;/m0.../s1. The van der Waals surface area contributed by atoms with Crippen LogP contribution >= 0.6 is 0 Å². The van der Waals surface area contributed by atoms with E-state index in [4.69, 9.17) is 0 Å². The van der Waals surface area contributed by atoms with Crippen LogP contribution in [0.2, 0.25) is 0 Å². The number of rotatable bonds is 1. The lowest BCUT2D eigenvalue weighted by Crippen LogP contribution is -2.48. The fourth-order valence-electron chi connectivity index (χ4n) is 0.772. The highest BCUT2D eigenvalue weighted by Gasteiger charge is 2.08. The van der Waals surface area contributed by atoms with E-state index in [1.807, 2.05) is 27.7 Å². The molecule has 1 saturated heterocycles. The Morgan fingerprint density at radius 1 is 1.25 bits per heavy atom. The van der Waals surface area contributed by atoms with E-state index >= 15 is 0 Å². The molecule has 0 radical (unpaired) electrons. The fourth-order valence-corrected chi connectivity index (χ4v) is 0.772. The number of hydrogen-bond acceptors (Lipinski definition) is 3. The van der Waals surface area contributed by atoms with E-state index in [1.54, 1.807) is 0 Å². The molecule has 0 aliphatic carbocycles. The summed E-state index contributed by atoms with van der Waals surface area (Å²) in [4.78, 5) is 10.1. The first-order valence-corrected chi connectivity index (χ1v) is 4.83. The van der Waals surface area contributed by atoms with Gasteiger partial charge in [-0.3, -0.25) is 0 Å². The summed E-state index contributed by atoms with van der Waals surface area (Å²) in [5.74, 6) is 0. The van der Waals surface area contributed by atoms with Crippen LogP contribution in [0.25, 0.3) is 0 Å². The van der Waals surface area contributed by atoms with Gasteiger partial charge < -0.3 is 15.4 Å². The zero-order chi connectivity index (χ0) is 9.82. The first kappa shape index (κ1) is 14.1. The highest BCUT2D eigenvalue weighted by molar-refractivity contribution is 5.58. The molecule has 0 aromatic rings. The van der Waals surface area contributed by atoms with Crippen LogP contribution in [0.4, 0.5) is 0 Å². The van der Waals surface area contributed by atoms with Gasteiger partial charge in [0.2, 0.25) is 0 Å². The van der Waals surface area contributed by atoms with Crippen molar-refractivity contribution in [2.24, 2.45) is 0 Å². The Balaban J connectivity index is -0.000000178. The van der Waals surface area contributed by atoms with E-state index in [9.17, 15) is 4.79 Å². The Kier molecular flexibility index (Phi) is 15.5. The molecule has 1 aliphatic heterocycles. The van der Waals surface area contributed by atoms with E-state index in [-0.39, 0.29) is 7.47 Å². The Hall–Kier alpha value is -0.410. The molecule has 2 N–H and O–H groups in total. The lowest BCUT2D eigenvalue weighted by molar-refractivity contribution is -0.109. The number of nitrogens with one attached hydrogen (secondary N) is 2. The molecule has 3 heteroatoms. The summed E-state index contributed by atoms with van der Waals surface area (Å²) in [6.45, 7) is 10.7. The molecule has 0 amide bonds. The predicted molar refractivity (Wildman–Crippen MR) is 55.5 cm³/mol. The normalized spacial score (nSPS) is 20.8. The molecule has 0 spiro atoms. The highest BCUT2D eigenvalue weighted by Crippen LogP contribution is 1.79. The van der Waals surface area contributed by atoms with Crippen LogP contribution in [-0.4, -0.2) is 32.0 Å². The zero-order valence-corrected chi connectivity index (χ0v) is 8.68. The lowest BCUT2D eigenvalue weighted by Gasteiger charge is -2.18. The predicted octanol–water partition coefficient (Wildman–Crippen LogP) is 1.05. The van der Waals surface area contributed by atoms with Crippen molar-refractivity contribution in [3.63, 3.8) is 0 Å². The van der Waals surface area contributed by atoms with Crippen LogP contribution in [0, 0.1) is 0 Å². The van der Waals surface area contributed by atoms with Gasteiger partial charge >= 0.3 is 0 Å². The summed E-state index contributed by atoms with van der Waals surface area (Å²) < 4.78 is 0. The maximum Gasteiger partial charge on any atom is 0.138 e. The van der Waals surface area contributed by atoms with Crippen LogP contribution in [0.1, 0.15) is 29.1 Å². The quantitative estimate of drug-likeness (QED) is 0.587. The molecular weight excluding hydrogens is 152 g/mol. The molecule has 1 aliphatic rings. The molecule has 1 rings (SSSR count). The smallest absolute Gasteiger partial charge is 0.138 e. The monoisotopic (exact) mass is 176 g/mol. The second-order valence-corrected chi connectivity index (χ2v) is 1.90. The lowest BCUT2D eigenvalue weighted by atomic mass is 10.3. The van der Waals surface area contributed by atoms with Crippen molar-refractivity contribution in [3.05, 3.63) is 0 Å². The third-order valence-electron chi connectivity index (χ3n) is 1.24. The summed E-state index contributed by atoms with van der Waals surface area (Å²) in [6.07, 6.45) is 0.937. The summed E-state index contributed by atoms with van der Waals surface area (Å²) in [6, 6.07) is 0.0451. The van der Waals surface area contributed by atoms with Crippen molar-refractivity contribution < 1.29 is 6.22 Å². The number of hydrogen-bond donors (Lipinski definition) is 2. The number of carbonyl (C=O) groups is 1. The molecule has 0 unspecified atom stereocenters. The largest absolute Gasteiger partial charge is 0.313 e. The molecular formula is C9H24N2O. The Morgan fingerprint density at radius 2 is 1.83 bits per heavy atom. The van der Waals surface area contributed by atoms with E-state index in [0.29, 0.717) is 0 Å². The minimum absolute atomic E-state index is 0. The van der Waals surface area contributed by atoms with E-state index < -0.39 is 0 Å². The van der Waals surface area contributed by atoms with Crippen LogP contribution in [-0.2, 0) is 4.79 Å². The molecule has 0 aromatic carbocycles. The molecule has 12 heavy (non-hydrogen) atoms. The van der Waals surface area contributed by atoms with Crippen LogP contribution in [0.15, 0.2) is 0 Å². The average molecular weight is 176 g/mol. The van der Waals surface area contributed by atoms with E-state index in [1.165, 1.54) is 0 Å². The third-order valence-corrected chi connectivity index (χ3v) is 1.24. The second-order valence-electron chi connectivity index (χ2n) is 1.90. The Labute approximate surface area is 77.4 Å². The SMILES string of the molecule is CC.CC.O=C[C@@H]1CNCCN1.[HH]. The number of aldehydes is 1. The third kappa shape index (κ3) is 7.69. The maximum absolute atomic E-state index is 10.1. The molecule has 0 bridgehead atoms. The van der Waals surface area contributed by atoms with Crippen LogP contribution < -0.4 is 10.6 Å². The van der Waals surface area contributed by atoms with Gasteiger partial charge in [-0.05, 0) is 0 Å². The van der Waals surface area contributed by atoms with Gasteiger partial charge in [0.25, 0.3) is 0 Å². The highest BCUT2D eigenvalue weighted by atomic mass is 16.1. The van der Waals surface area contributed by atoms with Gasteiger partial charge in [-0.2, -0.15) is 0 Å². The van der Waals surface area contributed by atoms with Gasteiger partial charge in [0.1, 0.15) is 6.29 Å². The Morgan fingerprint density at radius 3 is 2.08 bits per heavy atom. The van der Waals surface area contributed by atoms with E-state index in [0.717, 1.165) is 25.9 Å². The summed E-state index contributed by atoms with van der Waals surface area (Å²) in [5.41, 5.74) is 0. The van der Waals surface area contributed by atoms with Gasteiger partial charge in [0.05, 0.1) is 6.04 Å². The maximum atomic E-state index is 10.1. The second kappa shape index (κ2) is 13.2. The van der Waals surface area contributed by atoms with Gasteiger partial charge in [0, 0.05) is 21.1 Å². The molecule has 0 saturated carbocycles. The molecule has 3 nitrogen and oxygen atoms in total. The molecule has 1 fully saturated rings. The molecule has 1 heterocycles. The van der Waals surface area contributed by atoms with Gasteiger partial charge in [0.15, 0.2) is 0 Å². The molecule has 76 valence electrons.